The molecule has 0 saturated heterocycles. The molecule has 1 atom stereocenters. The predicted molar refractivity (Wildman–Crippen MR) is 86.4 cm³/mol. The molecular weight excluding hydrogens is 319 g/mol. The predicted octanol–water partition coefficient (Wildman–Crippen LogP) is 3.60. The van der Waals surface area contributed by atoms with Crippen LogP contribution in [-0.4, -0.2) is 21.0 Å². The van der Waals surface area contributed by atoms with Gasteiger partial charge < -0.3 is 11.1 Å². The number of nitrogens with two attached hydrogens (primary N) is 1. The molecule has 0 aliphatic rings. The number of nitrogens with zero attached hydrogens (tertiary/aromatic N) is 3. The Morgan fingerprint density at radius 2 is 1.96 bits per heavy atom. The van der Waals surface area contributed by atoms with Gasteiger partial charge in [-0.15, -0.1) is 0 Å². The molecule has 0 bridgehead atoms. The van der Waals surface area contributed by atoms with Crippen molar-refractivity contribution in [2.24, 2.45) is 0 Å². The summed E-state index contributed by atoms with van der Waals surface area (Å²) >= 11 is 0. The van der Waals surface area contributed by atoms with Gasteiger partial charge in [-0.2, -0.15) is 28.1 Å². The molecule has 0 saturated carbocycles. The summed E-state index contributed by atoms with van der Waals surface area (Å²) in [6, 6.07) is 5.43. The van der Waals surface area contributed by atoms with E-state index in [0.29, 0.717) is 30.2 Å². The Bertz CT molecular complexity index is 667. The molecule has 0 aliphatic heterocycles. The molecule has 0 amide bonds. The first-order valence-electron chi connectivity index (χ1n) is 7.68. The van der Waals surface area contributed by atoms with Crippen LogP contribution in [0.3, 0.4) is 0 Å². The summed E-state index contributed by atoms with van der Waals surface area (Å²) in [5.74, 6) is 1.03. The first-order valence-corrected chi connectivity index (χ1v) is 7.68. The van der Waals surface area contributed by atoms with Crippen LogP contribution in [0.25, 0.3) is 0 Å². The number of hydrogen-bond donors (Lipinski definition) is 2. The van der Waals surface area contributed by atoms with E-state index in [2.05, 4.69) is 20.3 Å². The van der Waals surface area contributed by atoms with E-state index >= 15 is 0 Å². The van der Waals surface area contributed by atoms with Crippen LogP contribution in [-0.2, 0) is 12.6 Å². The van der Waals surface area contributed by atoms with Crippen molar-refractivity contribution in [1.82, 2.24) is 15.0 Å². The number of hydrogen-bond acceptors (Lipinski definition) is 5. The van der Waals surface area contributed by atoms with Crippen LogP contribution >= 0.6 is 0 Å². The average molecular weight is 339 g/mol. The van der Waals surface area contributed by atoms with Crippen LogP contribution in [0.5, 0.6) is 0 Å². The molecule has 8 heteroatoms. The highest BCUT2D eigenvalue weighted by atomic mass is 19.4. The Kier molecular flexibility index (Phi) is 5.58. The molecule has 2 aromatic rings. The van der Waals surface area contributed by atoms with Crippen molar-refractivity contribution in [3.63, 3.8) is 0 Å². The molecule has 2 rings (SSSR count). The maximum absolute atomic E-state index is 12.7. The smallest absolute Gasteiger partial charge is 0.368 e. The monoisotopic (exact) mass is 339 g/mol. The number of nitrogen functional groups attached to an aromatic ring is 1. The normalized spacial score (nSPS) is 12.9. The summed E-state index contributed by atoms with van der Waals surface area (Å²) in [5, 5.41) is 3.16. The lowest BCUT2D eigenvalue weighted by atomic mass is 10.0. The summed E-state index contributed by atoms with van der Waals surface area (Å²) in [4.78, 5) is 12.1. The van der Waals surface area contributed by atoms with Gasteiger partial charge in [0.1, 0.15) is 5.82 Å². The van der Waals surface area contributed by atoms with Crippen LogP contribution in [0.15, 0.2) is 24.3 Å². The summed E-state index contributed by atoms with van der Waals surface area (Å²) in [5.41, 5.74) is 5.62. The number of benzene rings is 1. The molecule has 1 heterocycles. The molecule has 5 nitrogen and oxygen atoms in total. The van der Waals surface area contributed by atoms with Gasteiger partial charge in [0.05, 0.1) is 5.56 Å². The number of rotatable bonds is 6. The van der Waals surface area contributed by atoms with Crippen LogP contribution in [0.1, 0.15) is 36.7 Å². The van der Waals surface area contributed by atoms with Gasteiger partial charge in [0, 0.05) is 6.04 Å². The zero-order valence-electron chi connectivity index (χ0n) is 13.6. The number of halogens is 3. The third-order valence-electron chi connectivity index (χ3n) is 3.63. The molecule has 130 valence electrons. The molecular formula is C16H20F3N5. The molecule has 24 heavy (non-hydrogen) atoms. The highest BCUT2D eigenvalue weighted by Gasteiger charge is 2.30. The Balaban J connectivity index is 2.01. The topological polar surface area (TPSA) is 76.7 Å². The van der Waals surface area contributed by atoms with Gasteiger partial charge in [0.15, 0.2) is 0 Å². The Labute approximate surface area is 138 Å². The maximum atomic E-state index is 12.7. The second kappa shape index (κ2) is 7.46. The summed E-state index contributed by atoms with van der Waals surface area (Å²) in [7, 11) is 0. The van der Waals surface area contributed by atoms with Crippen molar-refractivity contribution in [2.75, 3.05) is 11.1 Å². The van der Waals surface area contributed by atoms with Crippen molar-refractivity contribution in [3.05, 3.63) is 41.2 Å². The maximum Gasteiger partial charge on any atom is 0.416 e. The van der Waals surface area contributed by atoms with Crippen molar-refractivity contribution in [1.29, 1.82) is 0 Å². The first kappa shape index (κ1) is 18.0. The number of aromatic nitrogens is 3. The average Bonchev–Trinajstić information content (AvgIpc) is 2.50. The van der Waals surface area contributed by atoms with E-state index in [1.807, 2.05) is 6.92 Å². The number of alkyl halides is 3. The summed E-state index contributed by atoms with van der Waals surface area (Å²) in [6.07, 6.45) is -2.36. The van der Waals surface area contributed by atoms with Gasteiger partial charge in [0.2, 0.25) is 11.9 Å². The van der Waals surface area contributed by atoms with E-state index in [9.17, 15) is 13.2 Å². The van der Waals surface area contributed by atoms with E-state index in [4.69, 9.17) is 5.73 Å². The minimum Gasteiger partial charge on any atom is -0.368 e. The third-order valence-corrected chi connectivity index (χ3v) is 3.63. The van der Waals surface area contributed by atoms with Crippen molar-refractivity contribution in [3.8, 4) is 0 Å². The van der Waals surface area contributed by atoms with Gasteiger partial charge in [0.25, 0.3) is 0 Å². The fraction of sp³-hybridized carbons (Fsp3) is 0.438. The van der Waals surface area contributed by atoms with Crippen LogP contribution in [0.4, 0.5) is 25.1 Å². The van der Waals surface area contributed by atoms with Crippen molar-refractivity contribution >= 4 is 11.9 Å². The molecule has 3 N–H and O–H groups in total. The fourth-order valence-electron chi connectivity index (χ4n) is 2.37. The molecule has 1 aromatic carbocycles. The zero-order valence-corrected chi connectivity index (χ0v) is 13.6. The Morgan fingerprint density at radius 1 is 1.21 bits per heavy atom. The first-order chi connectivity index (χ1) is 11.3. The van der Waals surface area contributed by atoms with Gasteiger partial charge >= 0.3 is 6.18 Å². The number of aryl methyl sites for hydroxylation is 2. The lowest BCUT2D eigenvalue weighted by Gasteiger charge is -2.17. The quantitative estimate of drug-likeness (QED) is 0.841. The van der Waals surface area contributed by atoms with Gasteiger partial charge in [-0.1, -0.05) is 25.1 Å². The second-order valence-corrected chi connectivity index (χ2v) is 5.55. The van der Waals surface area contributed by atoms with Crippen molar-refractivity contribution in [2.45, 2.75) is 45.3 Å². The van der Waals surface area contributed by atoms with E-state index in [1.165, 1.54) is 12.1 Å². The lowest BCUT2D eigenvalue weighted by molar-refractivity contribution is -0.137. The van der Waals surface area contributed by atoms with Gasteiger partial charge in [-0.3, -0.25) is 0 Å². The molecule has 0 radical (unpaired) electrons. The molecule has 0 aliphatic carbocycles. The summed E-state index contributed by atoms with van der Waals surface area (Å²) < 4.78 is 38.2. The zero-order chi connectivity index (χ0) is 17.7. The van der Waals surface area contributed by atoms with Gasteiger partial charge in [-0.05, 0) is 37.8 Å². The standard InChI is InChI=1S/C16H20F3N5/c1-3-13(23-15-22-10(2)21-14(20)24-15)8-7-11-5-4-6-12(9-11)16(17,18)19/h4-6,9,13H,3,7-8H2,1-2H3,(H3,20,21,22,23,24). The number of nitrogens with one attached hydrogen (secondary N) is 1. The Morgan fingerprint density at radius 3 is 2.58 bits per heavy atom. The minimum atomic E-state index is -4.32. The second-order valence-electron chi connectivity index (χ2n) is 5.55. The highest BCUT2D eigenvalue weighted by molar-refractivity contribution is 5.32. The van der Waals surface area contributed by atoms with E-state index in [1.54, 1.807) is 13.0 Å². The largest absolute Gasteiger partial charge is 0.416 e. The van der Waals surface area contributed by atoms with E-state index in [0.717, 1.165) is 12.5 Å². The molecule has 1 aromatic heterocycles. The third kappa shape index (κ3) is 5.07. The Hall–Kier alpha value is -2.38. The SMILES string of the molecule is CCC(CCc1cccc(C(F)(F)F)c1)Nc1nc(C)nc(N)n1. The number of anilines is 2. The van der Waals surface area contributed by atoms with Crippen LogP contribution in [0, 0.1) is 6.92 Å². The minimum absolute atomic E-state index is 0.0285. The molecule has 0 fully saturated rings. The summed E-state index contributed by atoms with van der Waals surface area (Å²) in [6.45, 7) is 3.70. The van der Waals surface area contributed by atoms with Crippen molar-refractivity contribution < 1.29 is 13.2 Å². The van der Waals surface area contributed by atoms with E-state index in [-0.39, 0.29) is 12.0 Å². The molecule has 1 unspecified atom stereocenters. The van der Waals surface area contributed by atoms with Crippen LogP contribution < -0.4 is 11.1 Å². The van der Waals surface area contributed by atoms with E-state index < -0.39 is 11.7 Å². The fourth-order valence-corrected chi connectivity index (χ4v) is 2.37. The molecule has 0 spiro atoms. The highest BCUT2D eigenvalue weighted by Crippen LogP contribution is 2.29. The van der Waals surface area contributed by atoms with Gasteiger partial charge in [-0.25, -0.2) is 0 Å². The lowest BCUT2D eigenvalue weighted by Crippen LogP contribution is -2.21. The van der Waals surface area contributed by atoms with Crippen LogP contribution in [0.2, 0.25) is 0 Å².